The Morgan fingerprint density at radius 1 is 1.12 bits per heavy atom. The molecule has 126 valence electrons. The van der Waals surface area contributed by atoms with Crippen molar-refractivity contribution >= 4 is 35.1 Å². The van der Waals surface area contributed by atoms with Crippen LogP contribution < -0.4 is 4.90 Å². The van der Waals surface area contributed by atoms with Crippen LogP contribution in [0.2, 0.25) is 5.02 Å². The topological polar surface area (TPSA) is 60.9 Å². The number of amides is 4. The lowest BCUT2D eigenvalue weighted by Crippen LogP contribution is -2.70. The molecular formula is C17H18ClN3O3. The van der Waals surface area contributed by atoms with Gasteiger partial charge in [-0.3, -0.25) is 19.4 Å². The van der Waals surface area contributed by atoms with E-state index in [0.717, 1.165) is 40.4 Å². The van der Waals surface area contributed by atoms with E-state index in [9.17, 15) is 14.4 Å². The number of halogens is 1. The number of carbonyl (C=O) groups is 3. The molecule has 0 radical (unpaired) electrons. The summed E-state index contributed by atoms with van der Waals surface area (Å²) in [5.74, 6) is -0.837. The van der Waals surface area contributed by atoms with Crippen LogP contribution in [0.1, 0.15) is 18.4 Å². The van der Waals surface area contributed by atoms with Crippen molar-refractivity contribution in [1.82, 2.24) is 9.80 Å². The number of urea groups is 1. The molecule has 3 aliphatic heterocycles. The Hall–Kier alpha value is -2.08. The molecule has 0 N–H and O–H groups in total. The van der Waals surface area contributed by atoms with Gasteiger partial charge in [0.1, 0.15) is 0 Å². The first kappa shape index (κ1) is 15.4. The molecule has 4 rings (SSSR count). The molecule has 4 amide bonds. The average molecular weight is 348 g/mol. The van der Waals surface area contributed by atoms with Gasteiger partial charge >= 0.3 is 6.03 Å². The van der Waals surface area contributed by atoms with Crippen LogP contribution in [-0.4, -0.2) is 54.3 Å². The number of hydrogen-bond donors (Lipinski definition) is 0. The zero-order valence-electron chi connectivity index (χ0n) is 13.6. The van der Waals surface area contributed by atoms with E-state index >= 15 is 0 Å². The van der Waals surface area contributed by atoms with Crippen molar-refractivity contribution in [2.45, 2.75) is 25.3 Å². The predicted molar refractivity (Wildman–Crippen MR) is 88.9 cm³/mol. The van der Waals surface area contributed by atoms with E-state index in [4.69, 9.17) is 11.6 Å². The van der Waals surface area contributed by atoms with Gasteiger partial charge in [0.2, 0.25) is 11.8 Å². The molecule has 0 bridgehead atoms. The molecule has 1 aromatic rings. The Labute approximate surface area is 144 Å². The first-order valence-electron chi connectivity index (χ1n) is 8.04. The van der Waals surface area contributed by atoms with Crippen molar-refractivity contribution in [3.63, 3.8) is 0 Å². The van der Waals surface area contributed by atoms with E-state index in [2.05, 4.69) is 4.90 Å². The van der Waals surface area contributed by atoms with Crippen LogP contribution in [0.15, 0.2) is 18.2 Å². The molecule has 0 aromatic heterocycles. The maximum Gasteiger partial charge on any atom is 0.332 e. The van der Waals surface area contributed by atoms with E-state index in [0.29, 0.717) is 5.02 Å². The van der Waals surface area contributed by atoms with Crippen molar-refractivity contribution in [3.05, 3.63) is 28.8 Å². The first-order valence-corrected chi connectivity index (χ1v) is 8.41. The van der Waals surface area contributed by atoms with Gasteiger partial charge in [0.25, 0.3) is 0 Å². The Balaban J connectivity index is 1.94. The summed E-state index contributed by atoms with van der Waals surface area (Å²) in [6, 6.07) is 4.84. The Morgan fingerprint density at radius 3 is 2.46 bits per heavy atom. The number of nitrogens with zero attached hydrogens (tertiary/aromatic N) is 3. The van der Waals surface area contributed by atoms with E-state index in [1.54, 1.807) is 6.07 Å². The zero-order chi connectivity index (χ0) is 17.2. The summed E-state index contributed by atoms with van der Waals surface area (Å²) in [7, 11) is 2.88. The molecule has 3 aliphatic rings. The average Bonchev–Trinajstić information content (AvgIpc) is 3.08. The number of imide groups is 2. The third kappa shape index (κ3) is 1.69. The van der Waals surface area contributed by atoms with Gasteiger partial charge < -0.3 is 4.90 Å². The number of fused-ring (bicyclic) bond motifs is 4. The minimum Gasteiger partial charge on any atom is -0.367 e. The SMILES string of the molecule is CN1C(=O)N(C)C(=O)C2(Cc3c(Cl)cccc3N3CCC[C@@H]32)C1=O. The van der Waals surface area contributed by atoms with E-state index in [1.807, 2.05) is 12.1 Å². The monoisotopic (exact) mass is 347 g/mol. The van der Waals surface area contributed by atoms with Crippen molar-refractivity contribution in [2.75, 3.05) is 25.5 Å². The first-order chi connectivity index (χ1) is 11.4. The molecule has 0 aliphatic carbocycles. The molecule has 2 saturated heterocycles. The van der Waals surface area contributed by atoms with E-state index in [1.165, 1.54) is 14.1 Å². The fourth-order valence-corrected chi connectivity index (χ4v) is 4.72. The number of benzene rings is 1. The number of rotatable bonds is 0. The summed E-state index contributed by atoms with van der Waals surface area (Å²) in [5, 5.41) is 0.556. The zero-order valence-corrected chi connectivity index (χ0v) is 14.3. The van der Waals surface area contributed by atoms with Crippen molar-refractivity contribution in [2.24, 2.45) is 5.41 Å². The van der Waals surface area contributed by atoms with E-state index < -0.39 is 23.3 Å². The normalized spacial score (nSPS) is 25.4. The number of barbiturate groups is 1. The van der Waals surface area contributed by atoms with Crippen molar-refractivity contribution in [1.29, 1.82) is 0 Å². The van der Waals surface area contributed by atoms with Crippen molar-refractivity contribution < 1.29 is 14.4 Å². The van der Waals surface area contributed by atoms with Crippen LogP contribution in [0, 0.1) is 5.41 Å². The minimum absolute atomic E-state index is 0.235. The maximum atomic E-state index is 13.1. The summed E-state index contributed by atoms with van der Waals surface area (Å²) < 4.78 is 0. The Kier molecular flexibility index (Phi) is 3.19. The van der Waals surface area contributed by atoms with Gasteiger partial charge in [-0.2, -0.15) is 0 Å². The molecule has 2 fully saturated rings. The van der Waals surface area contributed by atoms with Crippen LogP contribution in [-0.2, 0) is 16.0 Å². The van der Waals surface area contributed by atoms with Gasteiger partial charge in [0.15, 0.2) is 5.41 Å². The molecule has 3 heterocycles. The molecule has 0 saturated carbocycles. The van der Waals surface area contributed by atoms with Crippen LogP contribution in [0.25, 0.3) is 0 Å². The summed E-state index contributed by atoms with van der Waals surface area (Å²) in [4.78, 5) is 42.6. The Bertz CT molecular complexity index is 754. The molecule has 1 aromatic carbocycles. The van der Waals surface area contributed by atoms with Gasteiger partial charge in [0.05, 0.1) is 6.04 Å². The quantitative estimate of drug-likeness (QED) is 0.672. The molecule has 0 unspecified atom stereocenters. The second-order valence-corrected chi connectivity index (χ2v) is 7.16. The van der Waals surface area contributed by atoms with Crippen LogP contribution in [0.3, 0.4) is 0 Å². The summed E-state index contributed by atoms with van der Waals surface area (Å²) in [6.07, 6.45) is 1.89. The third-order valence-electron chi connectivity index (χ3n) is 5.63. The smallest absolute Gasteiger partial charge is 0.332 e. The Morgan fingerprint density at radius 2 is 1.79 bits per heavy atom. The van der Waals surface area contributed by atoms with E-state index in [-0.39, 0.29) is 12.5 Å². The molecule has 1 atom stereocenters. The van der Waals surface area contributed by atoms with Gasteiger partial charge in [-0.05, 0) is 30.5 Å². The van der Waals surface area contributed by atoms with Crippen LogP contribution in [0.5, 0.6) is 0 Å². The standard InChI is InChI=1S/C17H18ClN3O3/c1-19-14(22)17(15(23)20(2)16(19)24)9-10-11(18)5-3-6-12(10)21-8-4-7-13(17)21/h3,5-6,13H,4,7-9H2,1-2H3/t13-/m1/s1. The van der Waals surface area contributed by atoms with Gasteiger partial charge in [-0.15, -0.1) is 0 Å². The highest BCUT2D eigenvalue weighted by molar-refractivity contribution is 6.32. The lowest BCUT2D eigenvalue weighted by Gasteiger charge is -2.50. The van der Waals surface area contributed by atoms with Gasteiger partial charge in [-0.25, -0.2) is 4.79 Å². The second kappa shape index (κ2) is 4.96. The van der Waals surface area contributed by atoms with Crippen molar-refractivity contribution in [3.8, 4) is 0 Å². The van der Waals surface area contributed by atoms with Crippen LogP contribution >= 0.6 is 11.6 Å². The maximum absolute atomic E-state index is 13.1. The molecule has 7 heteroatoms. The summed E-state index contributed by atoms with van der Waals surface area (Å²) >= 11 is 6.39. The number of anilines is 1. The highest BCUT2D eigenvalue weighted by atomic mass is 35.5. The highest BCUT2D eigenvalue weighted by Gasteiger charge is 2.63. The minimum atomic E-state index is -1.27. The fraction of sp³-hybridized carbons (Fsp3) is 0.471. The number of hydrogen-bond acceptors (Lipinski definition) is 4. The lowest BCUT2D eigenvalue weighted by molar-refractivity contribution is -0.159. The predicted octanol–water partition coefficient (Wildman–Crippen LogP) is 1.90. The molecule has 1 spiro atoms. The lowest BCUT2D eigenvalue weighted by atomic mass is 9.68. The third-order valence-corrected chi connectivity index (χ3v) is 5.98. The summed E-state index contributed by atoms with van der Waals surface area (Å²) in [5.41, 5.74) is 0.542. The summed E-state index contributed by atoms with van der Waals surface area (Å²) in [6.45, 7) is 0.779. The fourth-order valence-electron chi connectivity index (χ4n) is 4.48. The highest BCUT2D eigenvalue weighted by Crippen LogP contribution is 2.50. The van der Waals surface area contributed by atoms with Gasteiger partial charge in [-0.1, -0.05) is 17.7 Å². The molecule has 6 nitrogen and oxygen atoms in total. The second-order valence-electron chi connectivity index (χ2n) is 6.75. The molecular weight excluding hydrogens is 330 g/mol. The molecule has 24 heavy (non-hydrogen) atoms. The van der Waals surface area contributed by atoms with Gasteiger partial charge in [0, 0.05) is 37.8 Å². The largest absolute Gasteiger partial charge is 0.367 e. The number of carbonyl (C=O) groups excluding carboxylic acids is 3. The van der Waals surface area contributed by atoms with Crippen LogP contribution in [0.4, 0.5) is 10.5 Å².